The molecule has 5 heterocycles. The van der Waals surface area contributed by atoms with E-state index in [0.29, 0.717) is 35.1 Å². The number of halogens is 2. The van der Waals surface area contributed by atoms with Gasteiger partial charge in [-0.25, -0.2) is 19.2 Å². The van der Waals surface area contributed by atoms with Crippen LogP contribution < -0.4 is 4.74 Å². The number of nitrogens with zero attached hydrogens (tertiary/aromatic N) is 4. The molecule has 2 saturated heterocycles. The molecule has 0 bridgehead atoms. The van der Waals surface area contributed by atoms with Crippen molar-refractivity contribution in [3.05, 3.63) is 88.1 Å². The van der Waals surface area contributed by atoms with Crippen molar-refractivity contribution in [1.29, 1.82) is 0 Å². The molecule has 1 atom stereocenters. The van der Waals surface area contributed by atoms with E-state index < -0.39 is 5.97 Å². The van der Waals surface area contributed by atoms with E-state index in [9.17, 15) is 9.18 Å². The number of piperidine rings is 1. The molecule has 10 heteroatoms. The van der Waals surface area contributed by atoms with E-state index in [4.69, 9.17) is 25.8 Å². The van der Waals surface area contributed by atoms with Crippen LogP contribution in [0, 0.1) is 5.82 Å². The average molecular weight is 579 g/mol. The van der Waals surface area contributed by atoms with Gasteiger partial charge in [-0.2, -0.15) is 0 Å². The maximum absolute atomic E-state index is 14.3. The molecule has 0 N–H and O–H groups in total. The number of pyridine rings is 2. The number of aromatic nitrogens is 3. The van der Waals surface area contributed by atoms with Gasteiger partial charge >= 0.3 is 5.97 Å². The third-order valence-electron chi connectivity index (χ3n) is 7.78. The lowest BCUT2D eigenvalue weighted by Gasteiger charge is -2.33. The molecule has 6 rings (SSSR count). The fraction of sp³-hybridized carbons (Fsp3) is 0.387. The van der Waals surface area contributed by atoms with Crippen molar-refractivity contribution in [3.8, 4) is 5.88 Å². The minimum Gasteiger partial charge on any atom is -0.474 e. The maximum Gasteiger partial charge on any atom is 0.356 e. The molecule has 214 valence electrons. The van der Waals surface area contributed by atoms with Crippen molar-refractivity contribution in [2.75, 3.05) is 26.8 Å². The molecule has 0 unspecified atom stereocenters. The van der Waals surface area contributed by atoms with Gasteiger partial charge in [0.15, 0.2) is 5.69 Å². The number of fused-ring (bicyclic) bond motifs is 1. The summed E-state index contributed by atoms with van der Waals surface area (Å²) in [6.45, 7) is 4.01. The second-order valence-corrected chi connectivity index (χ2v) is 11.0. The Bertz CT molecular complexity index is 1550. The Labute approximate surface area is 243 Å². The molecule has 0 amide bonds. The van der Waals surface area contributed by atoms with Gasteiger partial charge in [0.05, 0.1) is 19.8 Å². The number of methoxy groups -OCH3 is 1. The number of hydrogen-bond acceptors (Lipinski definition) is 7. The predicted molar refractivity (Wildman–Crippen MR) is 153 cm³/mol. The van der Waals surface area contributed by atoms with Crippen molar-refractivity contribution in [2.24, 2.45) is 0 Å². The third-order valence-corrected chi connectivity index (χ3v) is 8.01. The van der Waals surface area contributed by atoms with Gasteiger partial charge in [0.2, 0.25) is 5.88 Å². The van der Waals surface area contributed by atoms with Crippen LogP contribution in [0.15, 0.2) is 54.6 Å². The molecular formula is C31H32ClFN4O4. The van der Waals surface area contributed by atoms with Gasteiger partial charge in [0.25, 0.3) is 0 Å². The summed E-state index contributed by atoms with van der Waals surface area (Å²) >= 11 is 5.88. The summed E-state index contributed by atoms with van der Waals surface area (Å²) in [5.41, 5.74) is 3.52. The molecule has 2 fully saturated rings. The fourth-order valence-corrected chi connectivity index (χ4v) is 5.59. The SMILES string of the molecule is COC(=O)c1ccc2cc(CN3CCC(Oc4cccc(Cc5ccc(Cl)cc5F)n4)CC3)n(C[C@@H]3CCO3)c2n1. The number of esters is 1. The zero-order valence-electron chi connectivity index (χ0n) is 22.9. The third kappa shape index (κ3) is 6.37. The van der Waals surface area contributed by atoms with Crippen LogP contribution in [0.5, 0.6) is 5.88 Å². The smallest absolute Gasteiger partial charge is 0.356 e. The molecular weight excluding hydrogens is 547 g/mol. The van der Waals surface area contributed by atoms with Crippen LogP contribution in [-0.4, -0.2) is 64.4 Å². The molecule has 8 nitrogen and oxygen atoms in total. The number of benzene rings is 1. The van der Waals surface area contributed by atoms with Crippen molar-refractivity contribution in [1.82, 2.24) is 19.4 Å². The van der Waals surface area contributed by atoms with Gasteiger partial charge < -0.3 is 18.8 Å². The first-order valence-electron chi connectivity index (χ1n) is 13.9. The Balaban J connectivity index is 1.09. The van der Waals surface area contributed by atoms with E-state index in [2.05, 4.69) is 25.5 Å². The van der Waals surface area contributed by atoms with Gasteiger partial charge in [0, 0.05) is 60.5 Å². The zero-order chi connectivity index (χ0) is 28.3. The summed E-state index contributed by atoms with van der Waals surface area (Å²) in [5.74, 6) is -0.222. The van der Waals surface area contributed by atoms with Gasteiger partial charge in [-0.15, -0.1) is 0 Å². The standard InChI is InChI=1S/C31H32ClFN4O4/c1-39-31(38)28-8-6-21-16-24(37(30(21)35-28)19-26-11-14-40-26)18-36-12-9-25(10-13-36)41-29-4-2-3-23(34-29)15-20-5-7-22(32)17-27(20)33/h2-8,16-17,25-26H,9-15,18-19H2,1H3/t26-/m0/s1. The fourth-order valence-electron chi connectivity index (χ4n) is 5.43. The molecule has 0 saturated carbocycles. The number of rotatable bonds is 9. The van der Waals surface area contributed by atoms with E-state index in [1.807, 2.05) is 24.3 Å². The number of hydrogen-bond donors (Lipinski definition) is 0. The number of carbonyl (C=O) groups is 1. The summed E-state index contributed by atoms with van der Waals surface area (Å²) in [5, 5.41) is 1.37. The first-order valence-corrected chi connectivity index (χ1v) is 14.3. The molecule has 4 aromatic rings. The van der Waals surface area contributed by atoms with Crippen LogP contribution >= 0.6 is 11.6 Å². The van der Waals surface area contributed by atoms with Crippen LogP contribution in [0.1, 0.15) is 46.7 Å². The van der Waals surface area contributed by atoms with Crippen molar-refractivity contribution in [3.63, 3.8) is 0 Å². The van der Waals surface area contributed by atoms with Crippen LogP contribution in [0.25, 0.3) is 11.0 Å². The monoisotopic (exact) mass is 578 g/mol. The Morgan fingerprint density at radius 2 is 1.93 bits per heavy atom. The molecule has 1 aromatic carbocycles. The topological polar surface area (TPSA) is 78.7 Å². The highest BCUT2D eigenvalue weighted by atomic mass is 35.5. The minimum atomic E-state index is -0.444. The van der Waals surface area contributed by atoms with E-state index in [1.54, 1.807) is 18.2 Å². The Morgan fingerprint density at radius 1 is 1.10 bits per heavy atom. The largest absolute Gasteiger partial charge is 0.474 e. The Kier molecular flexibility index (Phi) is 8.18. The van der Waals surface area contributed by atoms with Crippen LogP contribution in [0.4, 0.5) is 4.39 Å². The predicted octanol–water partition coefficient (Wildman–Crippen LogP) is 5.43. The van der Waals surface area contributed by atoms with Crippen LogP contribution in [0.3, 0.4) is 0 Å². The van der Waals surface area contributed by atoms with Gasteiger partial charge in [-0.05, 0) is 61.2 Å². The van der Waals surface area contributed by atoms with Crippen LogP contribution in [0.2, 0.25) is 5.02 Å². The number of likely N-dealkylation sites (tertiary alicyclic amines) is 1. The lowest BCUT2D eigenvalue weighted by atomic mass is 10.1. The molecule has 2 aliphatic heterocycles. The van der Waals surface area contributed by atoms with E-state index >= 15 is 0 Å². The lowest BCUT2D eigenvalue weighted by Crippen LogP contribution is -2.38. The molecule has 41 heavy (non-hydrogen) atoms. The summed E-state index contributed by atoms with van der Waals surface area (Å²) in [6, 6.07) is 16.1. The molecule has 3 aromatic heterocycles. The summed E-state index contributed by atoms with van der Waals surface area (Å²) in [4.78, 5) is 23.8. The maximum atomic E-state index is 14.3. The van der Waals surface area contributed by atoms with Gasteiger partial charge in [-0.1, -0.05) is 23.7 Å². The van der Waals surface area contributed by atoms with Crippen molar-refractivity contribution in [2.45, 2.75) is 51.0 Å². The minimum absolute atomic E-state index is 0.0554. The van der Waals surface area contributed by atoms with Crippen molar-refractivity contribution < 1.29 is 23.4 Å². The first kappa shape index (κ1) is 27.6. The zero-order valence-corrected chi connectivity index (χ0v) is 23.6. The highest BCUT2D eigenvalue weighted by molar-refractivity contribution is 6.30. The Morgan fingerprint density at radius 3 is 2.66 bits per heavy atom. The number of ether oxygens (including phenoxy) is 3. The highest BCUT2D eigenvalue weighted by Gasteiger charge is 2.25. The molecule has 2 aliphatic rings. The van der Waals surface area contributed by atoms with E-state index in [-0.39, 0.29) is 18.0 Å². The number of carbonyl (C=O) groups excluding carboxylic acids is 1. The lowest BCUT2D eigenvalue weighted by molar-refractivity contribution is -0.0592. The quantitative estimate of drug-likeness (QED) is 0.245. The van der Waals surface area contributed by atoms with Crippen molar-refractivity contribution >= 4 is 28.6 Å². The second kappa shape index (κ2) is 12.1. The van der Waals surface area contributed by atoms with E-state index in [0.717, 1.165) is 67.9 Å². The van der Waals surface area contributed by atoms with Gasteiger partial charge in [0.1, 0.15) is 17.6 Å². The first-order chi connectivity index (χ1) is 19.9. The summed E-state index contributed by atoms with van der Waals surface area (Å²) < 4.78 is 33.3. The average Bonchev–Trinajstić information content (AvgIpc) is 3.29. The second-order valence-electron chi connectivity index (χ2n) is 10.6. The highest BCUT2D eigenvalue weighted by Crippen LogP contribution is 2.26. The summed E-state index contributed by atoms with van der Waals surface area (Å²) in [7, 11) is 1.36. The Hall–Kier alpha value is -3.53. The molecule has 0 spiro atoms. The molecule has 0 aliphatic carbocycles. The summed E-state index contributed by atoms with van der Waals surface area (Å²) in [6.07, 6.45) is 3.34. The van der Waals surface area contributed by atoms with E-state index in [1.165, 1.54) is 13.2 Å². The van der Waals surface area contributed by atoms with Crippen LogP contribution in [-0.2, 0) is 29.0 Å². The van der Waals surface area contributed by atoms with Gasteiger partial charge in [-0.3, -0.25) is 4.90 Å². The molecule has 0 radical (unpaired) electrons. The normalized spacial score (nSPS) is 17.9.